The molecule has 2 aromatic heterocycles. The second-order valence-electron chi connectivity index (χ2n) is 6.77. The summed E-state index contributed by atoms with van der Waals surface area (Å²) < 4.78 is 39.9. The van der Waals surface area contributed by atoms with E-state index in [1.165, 1.54) is 23.6 Å². The molecule has 3 N–H and O–H groups in total. The van der Waals surface area contributed by atoms with Crippen LogP contribution in [0.25, 0.3) is 5.70 Å². The van der Waals surface area contributed by atoms with E-state index in [1.54, 1.807) is 36.4 Å². The first-order valence-corrected chi connectivity index (χ1v) is 10.5. The normalized spacial score (nSPS) is 15.8. The highest BCUT2D eigenvalue weighted by Crippen LogP contribution is 2.35. The number of hydrogen-bond donors (Lipinski definition) is 3. The topological polar surface area (TPSA) is 75.3 Å². The average Bonchev–Trinajstić information content (AvgIpc) is 3.41. The van der Waals surface area contributed by atoms with E-state index < -0.39 is 11.7 Å². The Morgan fingerprint density at radius 3 is 2.66 bits per heavy atom. The van der Waals surface area contributed by atoms with Gasteiger partial charge in [0.1, 0.15) is 6.10 Å². The molecule has 1 aliphatic heterocycles. The Morgan fingerprint density at radius 2 is 1.97 bits per heavy atom. The van der Waals surface area contributed by atoms with Crippen LogP contribution < -0.4 is 16.1 Å². The number of thiophene rings is 1. The molecule has 1 aromatic carbocycles. The molecule has 11 heteroatoms. The zero-order valence-electron chi connectivity index (χ0n) is 16.2. The van der Waals surface area contributed by atoms with Gasteiger partial charge in [-0.25, -0.2) is 0 Å². The first-order chi connectivity index (χ1) is 15.3. The van der Waals surface area contributed by atoms with Crippen molar-refractivity contribution in [3.05, 3.63) is 81.3 Å². The van der Waals surface area contributed by atoms with Crippen LogP contribution in [0.3, 0.4) is 0 Å². The van der Waals surface area contributed by atoms with Gasteiger partial charge in [0.05, 0.1) is 32.7 Å². The zero-order valence-corrected chi connectivity index (χ0v) is 17.8. The van der Waals surface area contributed by atoms with E-state index in [9.17, 15) is 18.0 Å². The fourth-order valence-electron chi connectivity index (χ4n) is 2.98. The van der Waals surface area contributed by atoms with E-state index in [-0.39, 0.29) is 24.2 Å². The quantitative estimate of drug-likeness (QED) is 0.450. The van der Waals surface area contributed by atoms with E-state index in [0.717, 1.165) is 11.8 Å². The van der Waals surface area contributed by atoms with Gasteiger partial charge in [-0.3, -0.25) is 20.1 Å². The minimum absolute atomic E-state index is 0.0791. The van der Waals surface area contributed by atoms with E-state index in [0.29, 0.717) is 20.6 Å². The number of pyridine rings is 1. The molecule has 166 valence electrons. The van der Waals surface area contributed by atoms with Gasteiger partial charge in [0.25, 0.3) is 5.91 Å². The van der Waals surface area contributed by atoms with Gasteiger partial charge in [0.2, 0.25) is 0 Å². The number of hydrogen-bond acceptors (Lipinski definition) is 6. The first-order valence-electron chi connectivity index (χ1n) is 9.35. The number of rotatable bonds is 6. The van der Waals surface area contributed by atoms with E-state index in [1.807, 2.05) is 6.08 Å². The predicted octanol–water partition coefficient (Wildman–Crippen LogP) is 5.23. The summed E-state index contributed by atoms with van der Waals surface area (Å²) >= 11 is 7.03. The highest BCUT2D eigenvalue weighted by molar-refractivity contribution is 7.18. The lowest BCUT2D eigenvalue weighted by molar-refractivity contribution is -0.137. The Bertz CT molecular complexity index is 1150. The summed E-state index contributed by atoms with van der Waals surface area (Å²) in [7, 11) is 0. The predicted molar refractivity (Wildman–Crippen MR) is 117 cm³/mol. The third kappa shape index (κ3) is 5.21. The summed E-state index contributed by atoms with van der Waals surface area (Å²) in [6.45, 7) is 0.257. The Balaban J connectivity index is 1.38. The maximum atomic E-state index is 13.1. The van der Waals surface area contributed by atoms with Crippen LogP contribution >= 0.6 is 22.9 Å². The Kier molecular flexibility index (Phi) is 6.35. The van der Waals surface area contributed by atoms with Crippen LogP contribution in [0, 0.1) is 0 Å². The maximum absolute atomic E-state index is 13.1. The first kappa shape index (κ1) is 22.1. The molecule has 6 nitrogen and oxygen atoms in total. The standard InChI is InChI=1S/C21H16ClF3N4O2S/c22-19-6-5-18(32-19)20(30)27-10-14-9-17(29-31-14)12-1-3-13(4-2-12)28-16-7-8-26-11-15(16)21(23,24)25/h1-9,11,14,29H,10H2,(H,26,28)(H,27,30). The number of nitrogens with zero attached hydrogens (tertiary/aromatic N) is 1. The number of hydroxylamine groups is 1. The number of carbonyl (C=O) groups is 1. The van der Waals surface area contributed by atoms with Crippen LogP contribution in [0.1, 0.15) is 20.8 Å². The number of alkyl halides is 3. The summed E-state index contributed by atoms with van der Waals surface area (Å²) in [5.41, 5.74) is 3.84. The lowest BCUT2D eigenvalue weighted by Crippen LogP contribution is -2.31. The lowest BCUT2D eigenvalue weighted by atomic mass is 10.1. The molecule has 0 saturated carbocycles. The van der Waals surface area contributed by atoms with Gasteiger partial charge in [-0.15, -0.1) is 11.3 Å². The largest absolute Gasteiger partial charge is 0.419 e. The maximum Gasteiger partial charge on any atom is 0.419 e. The number of benzene rings is 1. The summed E-state index contributed by atoms with van der Waals surface area (Å²) in [5, 5.41) is 5.54. The van der Waals surface area contributed by atoms with Crippen molar-refractivity contribution in [2.24, 2.45) is 0 Å². The fraction of sp³-hybridized carbons (Fsp3) is 0.143. The molecule has 32 heavy (non-hydrogen) atoms. The second-order valence-corrected chi connectivity index (χ2v) is 8.49. The van der Waals surface area contributed by atoms with Crippen LogP contribution in [-0.2, 0) is 11.0 Å². The van der Waals surface area contributed by atoms with Crippen molar-refractivity contribution in [2.75, 3.05) is 11.9 Å². The molecule has 0 spiro atoms. The van der Waals surface area contributed by atoms with E-state index >= 15 is 0 Å². The molecule has 0 saturated heterocycles. The smallest absolute Gasteiger partial charge is 0.355 e. The van der Waals surface area contributed by atoms with Crippen molar-refractivity contribution in [2.45, 2.75) is 12.3 Å². The summed E-state index contributed by atoms with van der Waals surface area (Å²) in [6.07, 6.45) is -0.995. The van der Waals surface area contributed by atoms with Crippen LogP contribution in [0.2, 0.25) is 4.34 Å². The van der Waals surface area contributed by atoms with Gasteiger partial charge in [-0.05, 0) is 42.0 Å². The van der Waals surface area contributed by atoms with Crippen LogP contribution in [0.15, 0.2) is 60.9 Å². The molecule has 0 aliphatic carbocycles. The summed E-state index contributed by atoms with van der Waals surface area (Å²) in [6, 6.07) is 11.4. The molecule has 1 aliphatic rings. The average molecular weight is 481 g/mol. The molecule has 1 amide bonds. The highest BCUT2D eigenvalue weighted by atomic mass is 35.5. The number of aromatic nitrogens is 1. The van der Waals surface area contributed by atoms with Gasteiger partial charge < -0.3 is 10.6 Å². The van der Waals surface area contributed by atoms with E-state index in [2.05, 4.69) is 21.1 Å². The van der Waals surface area contributed by atoms with Gasteiger partial charge in [0.15, 0.2) is 0 Å². The molecule has 3 heterocycles. The van der Waals surface area contributed by atoms with Crippen molar-refractivity contribution in [3.8, 4) is 0 Å². The Labute approximate surface area is 190 Å². The Hall–Kier alpha value is -3.08. The number of anilines is 2. The number of nitrogens with one attached hydrogen (secondary N) is 3. The lowest BCUT2D eigenvalue weighted by Gasteiger charge is -2.14. The van der Waals surface area contributed by atoms with Crippen molar-refractivity contribution in [1.82, 2.24) is 15.8 Å². The summed E-state index contributed by atoms with van der Waals surface area (Å²) in [5.74, 6) is -0.239. The van der Waals surface area contributed by atoms with Gasteiger partial charge in [0, 0.05) is 18.1 Å². The van der Waals surface area contributed by atoms with Crippen molar-refractivity contribution in [1.29, 1.82) is 0 Å². The Morgan fingerprint density at radius 1 is 1.19 bits per heavy atom. The van der Waals surface area contributed by atoms with Gasteiger partial charge in [-0.1, -0.05) is 23.7 Å². The number of halogens is 4. The molecule has 4 rings (SSSR count). The molecule has 1 atom stereocenters. The molecular weight excluding hydrogens is 465 g/mol. The van der Waals surface area contributed by atoms with Crippen LogP contribution in [0.5, 0.6) is 0 Å². The van der Waals surface area contributed by atoms with Crippen molar-refractivity contribution in [3.63, 3.8) is 0 Å². The van der Waals surface area contributed by atoms with E-state index in [4.69, 9.17) is 16.4 Å². The molecule has 0 fully saturated rings. The fourth-order valence-corrected chi connectivity index (χ4v) is 3.94. The van der Waals surface area contributed by atoms with Crippen molar-refractivity contribution >= 4 is 45.9 Å². The van der Waals surface area contributed by atoms with Gasteiger partial charge >= 0.3 is 6.18 Å². The van der Waals surface area contributed by atoms with Gasteiger partial charge in [-0.2, -0.15) is 13.2 Å². The van der Waals surface area contributed by atoms with Crippen molar-refractivity contribution < 1.29 is 22.8 Å². The third-order valence-electron chi connectivity index (χ3n) is 4.53. The van der Waals surface area contributed by atoms with Crippen LogP contribution in [0.4, 0.5) is 24.5 Å². The molecule has 3 aromatic rings. The second kappa shape index (κ2) is 9.19. The molecule has 0 radical (unpaired) electrons. The number of carbonyl (C=O) groups excluding carboxylic acids is 1. The molecular formula is C21H16ClF3N4O2S. The third-order valence-corrected chi connectivity index (χ3v) is 5.76. The number of amides is 1. The minimum atomic E-state index is -4.51. The monoisotopic (exact) mass is 480 g/mol. The zero-order chi connectivity index (χ0) is 22.7. The SMILES string of the molecule is O=C(NCC1C=C(c2ccc(Nc3ccncc3C(F)(F)F)cc2)NO1)c1ccc(Cl)s1. The minimum Gasteiger partial charge on any atom is -0.355 e. The summed E-state index contributed by atoms with van der Waals surface area (Å²) in [4.78, 5) is 21.6. The molecule has 1 unspecified atom stereocenters. The van der Waals surface area contributed by atoms with Crippen LogP contribution in [-0.4, -0.2) is 23.5 Å². The molecule has 0 bridgehead atoms. The highest BCUT2D eigenvalue weighted by Gasteiger charge is 2.33.